The normalized spacial score (nSPS) is 11.5. The molecule has 16 nitrogen and oxygen atoms in total. The van der Waals surface area contributed by atoms with E-state index in [4.69, 9.17) is 4.74 Å². The molecule has 0 bridgehead atoms. The quantitative estimate of drug-likeness (QED) is 0.322. The van der Waals surface area contributed by atoms with E-state index in [1.54, 1.807) is 13.8 Å². The molecule has 2 aromatic carbocycles. The Bertz CT molecular complexity index is 1270. The lowest BCUT2D eigenvalue weighted by molar-refractivity contribution is -0.395. The largest absolute Gasteiger partial charge is 0.447 e. The number of aliphatic imine (C=N–C) groups is 1. The Morgan fingerprint density at radius 2 is 1.31 bits per heavy atom. The molecule has 0 heterocycles. The van der Waals surface area contributed by atoms with E-state index in [1.807, 2.05) is 0 Å². The Hall–Kier alpha value is -5.02. The van der Waals surface area contributed by atoms with Crippen LogP contribution in [-0.2, 0) is 4.74 Å². The van der Waals surface area contributed by atoms with Crippen molar-refractivity contribution in [2.75, 3.05) is 20.1 Å². The zero-order chi connectivity index (χ0) is 26.9. The molecule has 0 saturated carbocycles. The van der Waals surface area contributed by atoms with Crippen LogP contribution in [0.5, 0.6) is 0 Å². The zero-order valence-corrected chi connectivity index (χ0v) is 19.1. The summed E-state index contributed by atoms with van der Waals surface area (Å²) in [5, 5.41) is 46.4. The molecule has 1 aliphatic carbocycles. The number of nitro benzene ring substituents is 4. The highest BCUT2D eigenvalue weighted by atomic mass is 16.6. The van der Waals surface area contributed by atoms with Crippen molar-refractivity contribution in [2.45, 2.75) is 20.0 Å². The third-order valence-electron chi connectivity index (χ3n) is 5.13. The first-order chi connectivity index (χ1) is 16.8. The summed E-state index contributed by atoms with van der Waals surface area (Å²) >= 11 is 0. The van der Waals surface area contributed by atoms with Gasteiger partial charge in [-0.05, 0) is 13.8 Å². The minimum Gasteiger partial charge on any atom is -0.447 e. The average molecular weight is 502 g/mol. The fourth-order valence-electron chi connectivity index (χ4n) is 3.63. The van der Waals surface area contributed by atoms with Crippen LogP contribution in [0.3, 0.4) is 0 Å². The summed E-state index contributed by atoms with van der Waals surface area (Å²) in [5.74, 6) is 0. The highest BCUT2D eigenvalue weighted by Gasteiger charge is 2.41. The predicted octanol–water partition coefficient (Wildman–Crippen LogP) is 3.61. The molecule has 1 aliphatic rings. The van der Waals surface area contributed by atoms with Crippen molar-refractivity contribution in [3.8, 4) is 11.1 Å². The molecule has 2 aromatic rings. The van der Waals surface area contributed by atoms with Crippen LogP contribution < -0.4 is 0 Å². The maximum atomic E-state index is 12.0. The van der Waals surface area contributed by atoms with Crippen LogP contribution in [0.15, 0.2) is 29.3 Å². The third kappa shape index (κ3) is 4.77. The van der Waals surface area contributed by atoms with Gasteiger partial charge in [-0.2, -0.15) is 0 Å². The van der Waals surface area contributed by atoms with E-state index < -0.39 is 48.5 Å². The van der Waals surface area contributed by atoms with E-state index >= 15 is 0 Å². The summed E-state index contributed by atoms with van der Waals surface area (Å²) in [4.78, 5) is 60.3. The number of amides is 1. The topological polar surface area (TPSA) is 214 Å². The second-order valence-electron chi connectivity index (χ2n) is 7.89. The van der Waals surface area contributed by atoms with Gasteiger partial charge in [0.15, 0.2) is 0 Å². The number of hydrogen-bond donors (Lipinski definition) is 0. The van der Waals surface area contributed by atoms with Crippen molar-refractivity contribution in [1.29, 1.82) is 0 Å². The molecule has 188 valence electrons. The molecule has 0 saturated heterocycles. The van der Waals surface area contributed by atoms with Crippen LogP contribution in [-0.4, -0.2) is 62.6 Å². The number of likely N-dealkylation sites (N-methyl/N-ethyl adjacent to an activating group) is 1. The number of non-ortho nitro benzene ring substituents is 2. The molecule has 0 N–H and O–H groups in total. The molecule has 16 heteroatoms. The molecular formula is C20H18N6O10. The smallest absolute Gasteiger partial charge is 0.409 e. The number of benzene rings is 2. The van der Waals surface area contributed by atoms with Gasteiger partial charge < -0.3 is 9.64 Å². The maximum absolute atomic E-state index is 12.0. The van der Waals surface area contributed by atoms with Gasteiger partial charge in [0.25, 0.3) is 22.7 Å². The fourth-order valence-corrected chi connectivity index (χ4v) is 3.63. The van der Waals surface area contributed by atoms with E-state index in [9.17, 15) is 45.3 Å². The summed E-state index contributed by atoms with van der Waals surface area (Å²) in [7, 11) is 1.42. The van der Waals surface area contributed by atoms with Crippen molar-refractivity contribution >= 4 is 34.6 Å². The molecule has 0 aromatic heterocycles. The minimum absolute atomic E-state index is 0.0201. The van der Waals surface area contributed by atoms with Gasteiger partial charge in [-0.3, -0.25) is 45.4 Å². The van der Waals surface area contributed by atoms with E-state index in [1.165, 1.54) is 11.9 Å². The van der Waals surface area contributed by atoms with Gasteiger partial charge in [-0.1, -0.05) is 0 Å². The number of fused-ring (bicyclic) bond motifs is 3. The van der Waals surface area contributed by atoms with Crippen molar-refractivity contribution in [3.63, 3.8) is 0 Å². The van der Waals surface area contributed by atoms with Gasteiger partial charge >= 0.3 is 6.09 Å². The van der Waals surface area contributed by atoms with Gasteiger partial charge in [0.05, 0.1) is 61.3 Å². The molecule has 0 atom stereocenters. The summed E-state index contributed by atoms with van der Waals surface area (Å²) in [6, 6.07) is 3.25. The Morgan fingerprint density at radius 1 is 0.861 bits per heavy atom. The highest BCUT2D eigenvalue weighted by molar-refractivity contribution is 6.27. The first-order valence-electron chi connectivity index (χ1n) is 10.2. The minimum atomic E-state index is -0.931. The summed E-state index contributed by atoms with van der Waals surface area (Å²) in [6.45, 7) is 3.13. The van der Waals surface area contributed by atoms with Crippen molar-refractivity contribution in [3.05, 3.63) is 75.8 Å². The first-order valence-corrected chi connectivity index (χ1v) is 10.2. The predicted molar refractivity (Wildman–Crippen MR) is 123 cm³/mol. The van der Waals surface area contributed by atoms with Crippen molar-refractivity contribution in [2.24, 2.45) is 4.99 Å². The van der Waals surface area contributed by atoms with Crippen LogP contribution in [0.4, 0.5) is 27.5 Å². The fraction of sp³-hybridized carbons (Fsp3) is 0.300. The summed E-state index contributed by atoms with van der Waals surface area (Å²) in [6.07, 6.45) is -1.04. The SMILES string of the molecule is CC(C)OC(=O)N(C)CCN=C1c2cc([N+](=O)[O-])cc([N+](=O)[O-])c2-c2c1cc([N+](=O)[O-])cc2[N+](=O)[O-]. The van der Waals surface area contributed by atoms with E-state index in [0.29, 0.717) is 12.1 Å². The second kappa shape index (κ2) is 9.69. The molecule has 0 unspecified atom stereocenters. The van der Waals surface area contributed by atoms with Crippen molar-refractivity contribution < 1.29 is 29.2 Å². The lowest BCUT2D eigenvalue weighted by Gasteiger charge is -2.17. The number of carbonyl (C=O) groups excluding carboxylic acids is 1. The summed E-state index contributed by atoms with van der Waals surface area (Å²) < 4.78 is 5.05. The standard InChI is InChI=1S/C20H18N6O10/c1-10(2)36-20(27)22(3)5-4-21-19-13-6-11(23(28)29)8-15(25(32)33)17(13)18-14(19)7-12(24(30)31)9-16(18)26(34)35/h6-10H,4-5H2,1-3H3. The van der Waals surface area contributed by atoms with Crippen molar-refractivity contribution in [1.82, 2.24) is 4.90 Å². The molecule has 36 heavy (non-hydrogen) atoms. The van der Waals surface area contributed by atoms with Gasteiger partial charge in [0.2, 0.25) is 0 Å². The maximum Gasteiger partial charge on any atom is 0.409 e. The van der Waals surface area contributed by atoms with E-state index in [0.717, 1.165) is 12.1 Å². The molecule has 3 rings (SSSR count). The molecule has 0 fully saturated rings. The third-order valence-corrected chi connectivity index (χ3v) is 5.13. The number of rotatable bonds is 8. The Kier molecular flexibility index (Phi) is 6.89. The number of nitro groups is 4. The van der Waals surface area contributed by atoms with Gasteiger partial charge in [0, 0.05) is 36.9 Å². The molecule has 0 spiro atoms. The van der Waals surface area contributed by atoms with Crippen LogP contribution in [0, 0.1) is 40.5 Å². The first kappa shape index (κ1) is 25.6. The molecular weight excluding hydrogens is 484 g/mol. The van der Waals surface area contributed by atoms with Gasteiger partial charge in [-0.15, -0.1) is 0 Å². The number of hydrogen-bond acceptors (Lipinski definition) is 11. The van der Waals surface area contributed by atoms with Crippen LogP contribution >= 0.6 is 0 Å². The summed E-state index contributed by atoms with van der Waals surface area (Å²) in [5.41, 5.74) is -4.03. The molecule has 0 radical (unpaired) electrons. The number of ether oxygens (including phenoxy) is 1. The van der Waals surface area contributed by atoms with Crippen LogP contribution in [0.1, 0.15) is 25.0 Å². The van der Waals surface area contributed by atoms with Gasteiger partial charge in [-0.25, -0.2) is 4.79 Å². The van der Waals surface area contributed by atoms with Crippen LogP contribution in [0.2, 0.25) is 0 Å². The molecule has 0 aliphatic heterocycles. The Labute approximate surface area is 201 Å². The lowest BCUT2D eigenvalue weighted by atomic mass is 10.0. The average Bonchev–Trinajstić information content (AvgIpc) is 3.10. The second-order valence-corrected chi connectivity index (χ2v) is 7.89. The Morgan fingerprint density at radius 3 is 1.67 bits per heavy atom. The van der Waals surface area contributed by atoms with Gasteiger partial charge in [0.1, 0.15) is 0 Å². The zero-order valence-electron chi connectivity index (χ0n) is 19.1. The lowest BCUT2D eigenvalue weighted by Crippen LogP contribution is -2.31. The monoisotopic (exact) mass is 502 g/mol. The number of nitrogens with zero attached hydrogens (tertiary/aromatic N) is 6. The van der Waals surface area contributed by atoms with E-state index in [2.05, 4.69) is 4.99 Å². The Balaban J connectivity index is 2.25. The van der Waals surface area contributed by atoms with Crippen LogP contribution in [0.25, 0.3) is 11.1 Å². The molecule has 1 amide bonds. The highest BCUT2D eigenvalue weighted by Crippen LogP contribution is 2.50. The van der Waals surface area contributed by atoms with E-state index in [-0.39, 0.29) is 47.2 Å². The number of carbonyl (C=O) groups is 1.